The summed E-state index contributed by atoms with van der Waals surface area (Å²) in [5.41, 5.74) is 0.0149. The van der Waals surface area contributed by atoms with E-state index in [4.69, 9.17) is 19.2 Å². The van der Waals surface area contributed by atoms with Crippen molar-refractivity contribution in [1.29, 1.82) is 0 Å². The number of unbranched alkanes of at least 4 members (excludes halogenated alkanes) is 2. The summed E-state index contributed by atoms with van der Waals surface area (Å²) in [4.78, 5) is 11.5. The Bertz CT molecular complexity index is 420. The fraction of sp³-hybridized carbons (Fsp3) is 0.900. The van der Waals surface area contributed by atoms with Gasteiger partial charge in [0.1, 0.15) is 17.8 Å². The van der Waals surface area contributed by atoms with Gasteiger partial charge in [0.15, 0.2) is 6.29 Å². The molecule has 4 nitrogen and oxygen atoms in total. The highest BCUT2D eigenvalue weighted by molar-refractivity contribution is 5.00. The molecule has 136 valence electrons. The average Bonchev–Trinajstić information content (AvgIpc) is 2.66. The molecule has 0 aromatic heterocycles. The van der Waals surface area contributed by atoms with Gasteiger partial charge < -0.3 is 9.47 Å². The predicted octanol–water partition coefficient (Wildman–Crippen LogP) is 4.52. The third kappa shape index (κ3) is 4.73. The zero-order valence-electron chi connectivity index (χ0n) is 15.1. The minimum atomic E-state index is -0.0304. The smallest absolute Gasteiger partial charge is 0.158 e. The molecule has 4 heteroatoms. The Kier molecular flexibility index (Phi) is 6.57. The molecule has 3 heterocycles. The van der Waals surface area contributed by atoms with Gasteiger partial charge in [0, 0.05) is 13.0 Å². The van der Waals surface area contributed by atoms with E-state index in [0.717, 1.165) is 77.2 Å². The van der Waals surface area contributed by atoms with Crippen molar-refractivity contribution in [1.82, 2.24) is 0 Å². The number of hydrogen-bond donors (Lipinski definition) is 0. The summed E-state index contributed by atoms with van der Waals surface area (Å²) < 4.78 is 11.1. The maximum atomic E-state index is 5.80. The summed E-state index contributed by atoms with van der Waals surface area (Å²) in [5.74, 6) is 6.32. The summed E-state index contributed by atoms with van der Waals surface area (Å²) in [7, 11) is 0. The lowest BCUT2D eigenvalue weighted by Crippen LogP contribution is -2.53. The first-order chi connectivity index (χ1) is 11.8. The second-order valence-electron chi connectivity index (χ2n) is 7.55. The molecule has 1 unspecified atom stereocenters. The van der Waals surface area contributed by atoms with Crippen molar-refractivity contribution < 1.29 is 19.2 Å². The van der Waals surface area contributed by atoms with Crippen LogP contribution >= 0.6 is 0 Å². The van der Waals surface area contributed by atoms with Gasteiger partial charge in [-0.3, -0.25) is 0 Å². The Labute approximate surface area is 146 Å². The quantitative estimate of drug-likeness (QED) is 0.389. The van der Waals surface area contributed by atoms with Crippen LogP contribution in [0.4, 0.5) is 0 Å². The van der Waals surface area contributed by atoms with Gasteiger partial charge in [0.2, 0.25) is 0 Å². The lowest BCUT2D eigenvalue weighted by molar-refractivity contribution is -0.468. The SMILES string of the molecule is CCC12CCC(CCCCC#CCOC3CCCCO3)(CC1)OO2. The summed E-state index contributed by atoms with van der Waals surface area (Å²) in [6.07, 6.45) is 13.3. The molecule has 0 aromatic rings. The molecular formula is C20H32O4. The molecule has 24 heavy (non-hydrogen) atoms. The second-order valence-corrected chi connectivity index (χ2v) is 7.55. The van der Waals surface area contributed by atoms with Gasteiger partial charge in [-0.1, -0.05) is 12.8 Å². The minimum absolute atomic E-state index is 0.00815. The van der Waals surface area contributed by atoms with Gasteiger partial charge in [-0.25, -0.2) is 9.78 Å². The van der Waals surface area contributed by atoms with E-state index < -0.39 is 0 Å². The van der Waals surface area contributed by atoms with Gasteiger partial charge in [-0.2, -0.15) is 0 Å². The zero-order chi connectivity index (χ0) is 16.7. The monoisotopic (exact) mass is 336 g/mol. The van der Waals surface area contributed by atoms with Crippen LogP contribution in [0.3, 0.4) is 0 Å². The minimum Gasteiger partial charge on any atom is -0.353 e. The molecule has 0 N–H and O–H groups in total. The molecular weight excluding hydrogens is 304 g/mol. The highest BCUT2D eigenvalue weighted by Crippen LogP contribution is 2.49. The van der Waals surface area contributed by atoms with Crippen molar-refractivity contribution in [2.75, 3.05) is 13.2 Å². The van der Waals surface area contributed by atoms with E-state index in [1.165, 1.54) is 6.42 Å². The average molecular weight is 336 g/mol. The number of ether oxygens (including phenoxy) is 2. The Morgan fingerprint density at radius 2 is 1.79 bits per heavy atom. The predicted molar refractivity (Wildman–Crippen MR) is 92.2 cm³/mol. The maximum absolute atomic E-state index is 5.80. The highest BCUT2D eigenvalue weighted by atomic mass is 17.2. The van der Waals surface area contributed by atoms with Crippen LogP contribution in [0, 0.1) is 11.8 Å². The van der Waals surface area contributed by atoms with E-state index in [2.05, 4.69) is 18.8 Å². The largest absolute Gasteiger partial charge is 0.353 e. The fourth-order valence-electron chi connectivity index (χ4n) is 3.99. The molecule has 0 amide bonds. The topological polar surface area (TPSA) is 36.9 Å². The van der Waals surface area contributed by atoms with Crippen molar-refractivity contribution in [3.8, 4) is 11.8 Å². The lowest BCUT2D eigenvalue weighted by atomic mass is 9.72. The fourth-order valence-corrected chi connectivity index (χ4v) is 3.99. The molecule has 0 spiro atoms. The zero-order valence-corrected chi connectivity index (χ0v) is 15.1. The first kappa shape index (κ1) is 18.2. The normalized spacial score (nSPS) is 35.5. The van der Waals surface area contributed by atoms with E-state index in [9.17, 15) is 0 Å². The van der Waals surface area contributed by atoms with Crippen molar-refractivity contribution in [2.24, 2.45) is 0 Å². The molecule has 0 radical (unpaired) electrons. The Morgan fingerprint density at radius 3 is 2.46 bits per heavy atom. The highest BCUT2D eigenvalue weighted by Gasteiger charge is 2.50. The summed E-state index contributed by atoms with van der Waals surface area (Å²) >= 11 is 0. The first-order valence-corrected chi connectivity index (χ1v) is 9.82. The van der Waals surface area contributed by atoms with Crippen molar-refractivity contribution in [2.45, 2.75) is 101 Å². The van der Waals surface area contributed by atoms with Crippen LogP contribution in [0.15, 0.2) is 0 Å². The second kappa shape index (κ2) is 8.67. The third-order valence-corrected chi connectivity index (χ3v) is 5.90. The molecule has 3 saturated heterocycles. The van der Waals surface area contributed by atoms with E-state index in [-0.39, 0.29) is 17.5 Å². The maximum Gasteiger partial charge on any atom is 0.158 e. The molecule has 0 aromatic carbocycles. The molecule has 2 bridgehead atoms. The van der Waals surface area contributed by atoms with Crippen molar-refractivity contribution >= 4 is 0 Å². The van der Waals surface area contributed by atoms with Crippen LogP contribution in [0.5, 0.6) is 0 Å². The van der Waals surface area contributed by atoms with Gasteiger partial charge >= 0.3 is 0 Å². The van der Waals surface area contributed by atoms with Crippen LogP contribution in [-0.2, 0) is 19.2 Å². The molecule has 4 aliphatic rings. The Morgan fingerprint density at radius 1 is 1.00 bits per heavy atom. The summed E-state index contributed by atoms with van der Waals surface area (Å²) in [5, 5.41) is 0. The van der Waals surface area contributed by atoms with Gasteiger partial charge in [0.25, 0.3) is 0 Å². The van der Waals surface area contributed by atoms with Gasteiger partial charge in [0.05, 0.1) is 0 Å². The van der Waals surface area contributed by atoms with Crippen LogP contribution in [0.25, 0.3) is 0 Å². The molecule has 1 aliphatic carbocycles. The van der Waals surface area contributed by atoms with E-state index in [1.54, 1.807) is 0 Å². The lowest BCUT2D eigenvalue weighted by Gasteiger charge is -2.51. The molecule has 1 atom stereocenters. The molecule has 4 fully saturated rings. The third-order valence-electron chi connectivity index (χ3n) is 5.90. The van der Waals surface area contributed by atoms with Gasteiger partial charge in [-0.05, 0) is 70.6 Å². The van der Waals surface area contributed by atoms with Crippen molar-refractivity contribution in [3.63, 3.8) is 0 Å². The van der Waals surface area contributed by atoms with Crippen LogP contribution in [0.2, 0.25) is 0 Å². The Balaban J connectivity index is 1.25. The molecule has 4 rings (SSSR count). The van der Waals surface area contributed by atoms with Crippen LogP contribution in [-0.4, -0.2) is 30.7 Å². The molecule has 3 aliphatic heterocycles. The standard InChI is InChI=1S/C20H32O4/c1-2-19-12-14-20(15-13-19,24-23-19)11-7-4-3-5-8-16-21-18-10-6-9-17-22-18/h18H,2-4,6-7,9-17H2,1H3. The van der Waals surface area contributed by atoms with E-state index in [1.807, 2.05) is 0 Å². The summed E-state index contributed by atoms with van der Waals surface area (Å²) in [6.45, 7) is 3.51. The van der Waals surface area contributed by atoms with E-state index >= 15 is 0 Å². The number of rotatable bonds is 7. The van der Waals surface area contributed by atoms with Crippen LogP contribution in [0.1, 0.15) is 84.0 Å². The summed E-state index contributed by atoms with van der Waals surface area (Å²) in [6, 6.07) is 0. The number of fused-ring (bicyclic) bond motifs is 3. The van der Waals surface area contributed by atoms with Gasteiger partial charge in [-0.15, -0.1) is 5.92 Å². The van der Waals surface area contributed by atoms with Crippen molar-refractivity contribution in [3.05, 3.63) is 0 Å². The van der Waals surface area contributed by atoms with E-state index in [0.29, 0.717) is 6.61 Å². The molecule has 1 saturated carbocycles. The van der Waals surface area contributed by atoms with Crippen LogP contribution < -0.4 is 0 Å². The Hall–Kier alpha value is -0.600. The number of hydrogen-bond acceptors (Lipinski definition) is 4. The first-order valence-electron chi connectivity index (χ1n) is 9.82.